The van der Waals surface area contributed by atoms with Crippen molar-refractivity contribution in [3.63, 3.8) is 0 Å². The molecular formula is C16H14BrNS. The third kappa shape index (κ3) is 2.59. The van der Waals surface area contributed by atoms with Crippen LogP contribution in [-0.4, -0.2) is 7.05 Å². The van der Waals surface area contributed by atoms with Gasteiger partial charge in [-0.2, -0.15) is 0 Å². The molecule has 96 valence electrons. The number of fused-ring (bicyclic) bond motifs is 1. The van der Waals surface area contributed by atoms with Crippen molar-refractivity contribution in [3.8, 4) is 0 Å². The van der Waals surface area contributed by atoms with Crippen LogP contribution in [0, 0.1) is 0 Å². The van der Waals surface area contributed by atoms with E-state index < -0.39 is 0 Å². The SMILES string of the molecule is CNC(c1ccc(Br)cc1)c1cc2ccccc2s1. The second-order valence-electron chi connectivity index (χ2n) is 4.46. The molecule has 1 heterocycles. The van der Waals surface area contributed by atoms with Crippen molar-refractivity contribution in [1.82, 2.24) is 5.32 Å². The highest BCUT2D eigenvalue weighted by Crippen LogP contribution is 2.33. The molecule has 1 unspecified atom stereocenters. The van der Waals surface area contributed by atoms with Crippen LogP contribution in [0.3, 0.4) is 0 Å². The van der Waals surface area contributed by atoms with Gasteiger partial charge in [0, 0.05) is 14.0 Å². The first-order valence-electron chi connectivity index (χ1n) is 6.19. The second-order valence-corrected chi connectivity index (χ2v) is 6.49. The predicted octanol–water partition coefficient (Wildman–Crippen LogP) is 4.97. The zero-order valence-corrected chi connectivity index (χ0v) is 13.0. The van der Waals surface area contributed by atoms with Gasteiger partial charge in [-0.05, 0) is 42.3 Å². The molecule has 3 heteroatoms. The largest absolute Gasteiger partial charge is 0.309 e. The van der Waals surface area contributed by atoms with Crippen molar-refractivity contribution in [3.05, 3.63) is 69.5 Å². The van der Waals surface area contributed by atoms with Crippen LogP contribution >= 0.6 is 27.3 Å². The highest BCUT2D eigenvalue weighted by Gasteiger charge is 2.14. The Hall–Kier alpha value is -1.16. The number of benzene rings is 2. The summed E-state index contributed by atoms with van der Waals surface area (Å²) >= 11 is 5.34. The minimum absolute atomic E-state index is 0.255. The summed E-state index contributed by atoms with van der Waals surface area (Å²) in [5.74, 6) is 0. The number of halogens is 1. The van der Waals surface area contributed by atoms with E-state index in [1.165, 1.54) is 20.5 Å². The smallest absolute Gasteiger partial charge is 0.0669 e. The van der Waals surface area contributed by atoms with Gasteiger partial charge < -0.3 is 5.32 Å². The summed E-state index contributed by atoms with van der Waals surface area (Å²) < 4.78 is 2.46. The van der Waals surface area contributed by atoms with E-state index in [2.05, 4.69) is 75.8 Å². The van der Waals surface area contributed by atoms with E-state index in [1.807, 2.05) is 18.4 Å². The Morgan fingerprint density at radius 1 is 1.05 bits per heavy atom. The predicted molar refractivity (Wildman–Crippen MR) is 86.9 cm³/mol. The van der Waals surface area contributed by atoms with E-state index in [9.17, 15) is 0 Å². The molecule has 1 aromatic heterocycles. The molecule has 0 amide bonds. The maximum atomic E-state index is 3.48. The molecule has 3 rings (SSSR count). The molecule has 3 aromatic rings. The van der Waals surface area contributed by atoms with Crippen LogP contribution in [0.5, 0.6) is 0 Å². The van der Waals surface area contributed by atoms with E-state index in [1.54, 1.807) is 0 Å². The van der Waals surface area contributed by atoms with Crippen molar-refractivity contribution in [2.24, 2.45) is 0 Å². The summed E-state index contributed by atoms with van der Waals surface area (Å²) in [7, 11) is 2.01. The fourth-order valence-electron chi connectivity index (χ4n) is 2.27. The topological polar surface area (TPSA) is 12.0 Å². The Labute approximate surface area is 125 Å². The van der Waals surface area contributed by atoms with Crippen LogP contribution in [0.2, 0.25) is 0 Å². The van der Waals surface area contributed by atoms with Gasteiger partial charge in [-0.15, -0.1) is 11.3 Å². The van der Waals surface area contributed by atoms with Gasteiger partial charge in [0.1, 0.15) is 0 Å². The fourth-order valence-corrected chi connectivity index (χ4v) is 3.74. The molecule has 0 aliphatic rings. The van der Waals surface area contributed by atoms with Crippen LogP contribution in [-0.2, 0) is 0 Å². The molecule has 1 N–H and O–H groups in total. The number of hydrogen-bond donors (Lipinski definition) is 1. The highest BCUT2D eigenvalue weighted by molar-refractivity contribution is 9.10. The average molecular weight is 332 g/mol. The Balaban J connectivity index is 2.04. The monoisotopic (exact) mass is 331 g/mol. The zero-order valence-electron chi connectivity index (χ0n) is 10.6. The minimum atomic E-state index is 0.255. The van der Waals surface area contributed by atoms with Gasteiger partial charge in [-0.1, -0.05) is 46.3 Å². The number of hydrogen-bond acceptors (Lipinski definition) is 2. The van der Waals surface area contributed by atoms with Gasteiger partial charge in [0.25, 0.3) is 0 Å². The molecule has 2 aromatic carbocycles. The van der Waals surface area contributed by atoms with Crippen molar-refractivity contribution in [2.75, 3.05) is 7.05 Å². The summed E-state index contributed by atoms with van der Waals surface area (Å²) in [5, 5.41) is 4.73. The molecule has 19 heavy (non-hydrogen) atoms. The van der Waals surface area contributed by atoms with E-state index in [0.717, 1.165) is 4.47 Å². The van der Waals surface area contributed by atoms with Gasteiger partial charge in [0.05, 0.1) is 6.04 Å². The van der Waals surface area contributed by atoms with Gasteiger partial charge in [-0.3, -0.25) is 0 Å². The molecule has 0 saturated heterocycles. The van der Waals surface area contributed by atoms with Crippen molar-refractivity contribution in [2.45, 2.75) is 6.04 Å². The molecule has 1 nitrogen and oxygen atoms in total. The quantitative estimate of drug-likeness (QED) is 0.714. The number of rotatable bonds is 3. The van der Waals surface area contributed by atoms with Crippen molar-refractivity contribution >= 4 is 37.4 Å². The molecule has 0 aliphatic heterocycles. The summed E-state index contributed by atoms with van der Waals surface area (Å²) in [6.45, 7) is 0. The lowest BCUT2D eigenvalue weighted by atomic mass is 10.1. The molecule has 0 spiro atoms. The van der Waals surface area contributed by atoms with E-state index in [0.29, 0.717) is 0 Å². The molecule has 0 aliphatic carbocycles. The molecule has 1 atom stereocenters. The van der Waals surface area contributed by atoms with Crippen LogP contribution in [0.25, 0.3) is 10.1 Å². The van der Waals surface area contributed by atoms with Crippen molar-refractivity contribution < 1.29 is 0 Å². The lowest BCUT2D eigenvalue weighted by molar-refractivity contribution is 0.704. The highest BCUT2D eigenvalue weighted by atomic mass is 79.9. The van der Waals surface area contributed by atoms with Crippen LogP contribution < -0.4 is 5.32 Å². The molecule has 0 bridgehead atoms. The van der Waals surface area contributed by atoms with Crippen LogP contribution in [0.15, 0.2) is 59.1 Å². The van der Waals surface area contributed by atoms with Crippen LogP contribution in [0.1, 0.15) is 16.5 Å². The fraction of sp³-hybridized carbons (Fsp3) is 0.125. The Morgan fingerprint density at radius 2 is 1.79 bits per heavy atom. The summed E-state index contributed by atoms with van der Waals surface area (Å²) in [4.78, 5) is 1.35. The zero-order chi connectivity index (χ0) is 13.2. The van der Waals surface area contributed by atoms with Gasteiger partial charge in [0.15, 0.2) is 0 Å². The second kappa shape index (κ2) is 5.45. The third-order valence-corrected chi connectivity index (χ3v) is 4.93. The van der Waals surface area contributed by atoms with Gasteiger partial charge in [-0.25, -0.2) is 0 Å². The van der Waals surface area contributed by atoms with Crippen molar-refractivity contribution in [1.29, 1.82) is 0 Å². The van der Waals surface area contributed by atoms with Gasteiger partial charge in [0.2, 0.25) is 0 Å². The first-order chi connectivity index (χ1) is 9.28. The molecule has 0 fully saturated rings. The Kier molecular flexibility index (Phi) is 3.69. The maximum absolute atomic E-state index is 3.48. The van der Waals surface area contributed by atoms with E-state index >= 15 is 0 Å². The van der Waals surface area contributed by atoms with E-state index in [4.69, 9.17) is 0 Å². The third-order valence-electron chi connectivity index (χ3n) is 3.22. The van der Waals surface area contributed by atoms with Crippen LogP contribution in [0.4, 0.5) is 0 Å². The summed E-state index contributed by atoms with van der Waals surface area (Å²) in [5.41, 5.74) is 1.29. The molecular weight excluding hydrogens is 318 g/mol. The summed E-state index contributed by atoms with van der Waals surface area (Å²) in [6.07, 6.45) is 0. The standard InChI is InChI=1S/C16H14BrNS/c1-18-16(11-6-8-13(17)9-7-11)15-10-12-4-2-3-5-14(12)19-15/h2-10,16,18H,1H3. The van der Waals surface area contributed by atoms with Gasteiger partial charge >= 0.3 is 0 Å². The average Bonchev–Trinajstić information content (AvgIpc) is 2.85. The minimum Gasteiger partial charge on any atom is -0.309 e. The Bertz CT molecular complexity index is 654. The van der Waals surface area contributed by atoms with E-state index in [-0.39, 0.29) is 6.04 Å². The first-order valence-corrected chi connectivity index (χ1v) is 7.80. The Morgan fingerprint density at radius 3 is 2.47 bits per heavy atom. The molecule has 0 saturated carbocycles. The number of thiophene rings is 1. The number of nitrogens with one attached hydrogen (secondary N) is 1. The maximum Gasteiger partial charge on any atom is 0.0669 e. The normalized spacial score (nSPS) is 12.7. The summed E-state index contributed by atoms with van der Waals surface area (Å²) in [6, 6.07) is 19.6. The lowest BCUT2D eigenvalue weighted by Crippen LogP contribution is -2.16. The molecule has 0 radical (unpaired) electrons. The lowest BCUT2D eigenvalue weighted by Gasteiger charge is -2.14. The first kappa shape index (κ1) is 12.9.